The number of aromatic hydroxyl groups is 1. The van der Waals surface area contributed by atoms with Crippen molar-refractivity contribution in [1.82, 2.24) is 14.9 Å². The van der Waals surface area contributed by atoms with Crippen LogP contribution in [0.4, 0.5) is 0 Å². The molecule has 0 aliphatic carbocycles. The number of sulfonamides is 1. The number of aryl methyl sites for hydroxylation is 1. The van der Waals surface area contributed by atoms with E-state index in [0.717, 1.165) is 0 Å². The minimum absolute atomic E-state index is 0.0142. The number of amides is 2. The number of phenolic OH excluding ortho intramolecular Hbond substituents is 1. The lowest BCUT2D eigenvalue weighted by Gasteiger charge is -2.20. The molecule has 0 radical (unpaired) electrons. The fourth-order valence-electron chi connectivity index (χ4n) is 3.07. The second kappa shape index (κ2) is 10.9. The first-order valence-corrected chi connectivity index (χ1v) is 11.6. The van der Waals surface area contributed by atoms with Crippen LogP contribution in [0.2, 0.25) is 0 Å². The van der Waals surface area contributed by atoms with Crippen LogP contribution in [-0.4, -0.2) is 55.8 Å². The molecule has 3 N–H and O–H groups in total. The summed E-state index contributed by atoms with van der Waals surface area (Å²) in [6, 6.07) is 10.7. The maximum absolute atomic E-state index is 12.8. The quantitative estimate of drug-likeness (QED) is 0.483. The van der Waals surface area contributed by atoms with Gasteiger partial charge >= 0.3 is 0 Å². The number of carbonyl (C=O) groups excluding carboxylic acids is 2. The Balaban J connectivity index is 1.92. The summed E-state index contributed by atoms with van der Waals surface area (Å²) in [6.07, 6.45) is 0.493. The van der Waals surface area contributed by atoms with Gasteiger partial charge in [0.2, 0.25) is 10.0 Å². The zero-order valence-electron chi connectivity index (χ0n) is 18.0. The topological polar surface area (TPSA) is 116 Å². The Kier molecular flexibility index (Phi) is 8.58. The van der Waals surface area contributed by atoms with Gasteiger partial charge in [0.1, 0.15) is 5.75 Å². The lowest BCUT2D eigenvalue weighted by molar-refractivity contribution is 0.0951. The van der Waals surface area contributed by atoms with Gasteiger partial charge < -0.3 is 15.7 Å². The Morgan fingerprint density at radius 2 is 1.52 bits per heavy atom. The van der Waals surface area contributed by atoms with Crippen molar-refractivity contribution in [2.45, 2.75) is 32.1 Å². The van der Waals surface area contributed by atoms with Gasteiger partial charge in [-0.15, -0.1) is 0 Å². The van der Waals surface area contributed by atoms with Crippen molar-refractivity contribution in [3.05, 3.63) is 59.2 Å². The van der Waals surface area contributed by atoms with Crippen molar-refractivity contribution in [2.24, 2.45) is 0 Å². The van der Waals surface area contributed by atoms with E-state index < -0.39 is 10.0 Å². The van der Waals surface area contributed by atoms with Crippen molar-refractivity contribution in [1.29, 1.82) is 0 Å². The molecule has 168 valence electrons. The summed E-state index contributed by atoms with van der Waals surface area (Å²) in [7, 11) is -3.67. The van der Waals surface area contributed by atoms with E-state index in [-0.39, 0.29) is 28.0 Å². The molecule has 0 unspecified atom stereocenters. The smallest absolute Gasteiger partial charge is 0.251 e. The summed E-state index contributed by atoms with van der Waals surface area (Å²) < 4.78 is 27.0. The fraction of sp³-hybridized carbons (Fsp3) is 0.364. The Hall–Kier alpha value is -2.91. The molecule has 2 rings (SSSR count). The van der Waals surface area contributed by atoms with Crippen LogP contribution in [-0.2, 0) is 10.0 Å². The number of benzene rings is 2. The number of nitrogens with one attached hydrogen (secondary N) is 2. The van der Waals surface area contributed by atoms with Gasteiger partial charge in [-0.05, 0) is 49.2 Å². The number of hydrogen-bond acceptors (Lipinski definition) is 5. The summed E-state index contributed by atoms with van der Waals surface area (Å²) in [4.78, 5) is 24.6. The molecule has 0 bridgehead atoms. The third-order valence-electron chi connectivity index (χ3n) is 4.81. The molecule has 8 nitrogen and oxygen atoms in total. The van der Waals surface area contributed by atoms with Crippen LogP contribution in [0.15, 0.2) is 47.4 Å². The first kappa shape index (κ1) is 24.4. The molecule has 2 amide bonds. The minimum Gasteiger partial charge on any atom is -0.508 e. The largest absolute Gasteiger partial charge is 0.508 e. The summed E-state index contributed by atoms with van der Waals surface area (Å²) >= 11 is 0. The molecular weight excluding hydrogens is 418 g/mol. The summed E-state index contributed by atoms with van der Waals surface area (Å²) in [5.41, 5.74) is 1.20. The first-order chi connectivity index (χ1) is 14.7. The summed E-state index contributed by atoms with van der Waals surface area (Å²) in [6.45, 7) is 6.59. The van der Waals surface area contributed by atoms with E-state index in [4.69, 9.17) is 0 Å². The minimum atomic E-state index is -3.67. The highest BCUT2D eigenvalue weighted by atomic mass is 32.2. The fourth-order valence-corrected chi connectivity index (χ4v) is 4.77. The predicted molar refractivity (Wildman–Crippen MR) is 119 cm³/mol. The van der Waals surface area contributed by atoms with E-state index in [1.54, 1.807) is 45.0 Å². The van der Waals surface area contributed by atoms with Crippen molar-refractivity contribution in [3.8, 4) is 5.75 Å². The average Bonchev–Trinajstić information content (AvgIpc) is 2.74. The maximum Gasteiger partial charge on any atom is 0.251 e. The highest BCUT2D eigenvalue weighted by Gasteiger charge is 2.24. The van der Waals surface area contributed by atoms with Crippen molar-refractivity contribution >= 4 is 21.8 Å². The van der Waals surface area contributed by atoms with Crippen LogP contribution in [0.5, 0.6) is 5.75 Å². The standard InChI is InChI=1S/C22H29N3O5S/c1-4-25(5-2)31(29,30)20-15-18(11-10-16(20)3)22(28)24-13-7-12-23-21(27)17-8-6-9-19(26)14-17/h6,8-11,14-15,26H,4-5,7,12-13H2,1-3H3,(H,23,27)(H,24,28). The van der Waals surface area contributed by atoms with Crippen molar-refractivity contribution in [3.63, 3.8) is 0 Å². The molecule has 2 aromatic rings. The molecule has 0 aliphatic rings. The van der Waals surface area contributed by atoms with Crippen LogP contribution in [0, 0.1) is 6.92 Å². The van der Waals surface area contributed by atoms with E-state index in [0.29, 0.717) is 43.7 Å². The number of hydrogen-bond donors (Lipinski definition) is 3. The highest BCUT2D eigenvalue weighted by molar-refractivity contribution is 7.89. The SMILES string of the molecule is CCN(CC)S(=O)(=O)c1cc(C(=O)NCCCNC(=O)c2cccc(O)c2)ccc1C. The zero-order chi connectivity index (χ0) is 23.0. The maximum atomic E-state index is 12.8. The van der Waals surface area contributed by atoms with Gasteiger partial charge in [-0.25, -0.2) is 8.42 Å². The van der Waals surface area contributed by atoms with Gasteiger partial charge in [-0.1, -0.05) is 26.0 Å². The van der Waals surface area contributed by atoms with Crippen molar-refractivity contribution in [2.75, 3.05) is 26.2 Å². The second-order valence-corrected chi connectivity index (χ2v) is 8.89. The molecule has 0 heterocycles. The molecule has 0 spiro atoms. The first-order valence-electron chi connectivity index (χ1n) is 10.2. The van der Waals surface area contributed by atoms with E-state index in [1.807, 2.05) is 0 Å². The average molecular weight is 448 g/mol. The van der Waals surface area contributed by atoms with Gasteiger partial charge in [0, 0.05) is 37.3 Å². The Labute approximate surface area is 183 Å². The van der Waals surface area contributed by atoms with Crippen LogP contribution >= 0.6 is 0 Å². The molecule has 9 heteroatoms. The third-order valence-corrected chi connectivity index (χ3v) is 7.00. The van der Waals surface area contributed by atoms with E-state index in [1.165, 1.54) is 22.5 Å². The Morgan fingerprint density at radius 3 is 2.06 bits per heavy atom. The summed E-state index contributed by atoms with van der Waals surface area (Å²) in [5.74, 6) is -0.678. The highest BCUT2D eigenvalue weighted by Crippen LogP contribution is 2.21. The molecular formula is C22H29N3O5S. The summed E-state index contributed by atoms with van der Waals surface area (Å²) in [5, 5.41) is 14.9. The second-order valence-electron chi connectivity index (χ2n) is 6.99. The van der Waals surface area contributed by atoms with Gasteiger partial charge in [-0.3, -0.25) is 9.59 Å². The Bertz CT molecular complexity index is 1030. The lowest BCUT2D eigenvalue weighted by atomic mass is 10.1. The van der Waals surface area contributed by atoms with Gasteiger partial charge in [0.15, 0.2) is 0 Å². The molecule has 31 heavy (non-hydrogen) atoms. The Morgan fingerprint density at radius 1 is 0.935 bits per heavy atom. The van der Waals surface area contributed by atoms with E-state index in [9.17, 15) is 23.1 Å². The normalized spacial score (nSPS) is 11.4. The molecule has 2 aromatic carbocycles. The molecule has 0 aliphatic heterocycles. The lowest BCUT2D eigenvalue weighted by Crippen LogP contribution is -2.32. The third kappa shape index (κ3) is 6.28. The number of nitrogens with zero attached hydrogens (tertiary/aromatic N) is 1. The molecule has 0 fully saturated rings. The van der Waals surface area contributed by atoms with Gasteiger partial charge in [0.05, 0.1) is 4.90 Å². The number of phenols is 1. The molecule has 0 saturated heterocycles. The van der Waals surface area contributed by atoms with Gasteiger partial charge in [-0.2, -0.15) is 4.31 Å². The van der Waals surface area contributed by atoms with Gasteiger partial charge in [0.25, 0.3) is 11.8 Å². The van der Waals surface area contributed by atoms with Crippen LogP contribution in [0.1, 0.15) is 46.5 Å². The monoisotopic (exact) mass is 447 g/mol. The van der Waals surface area contributed by atoms with E-state index in [2.05, 4.69) is 10.6 Å². The molecule has 0 saturated carbocycles. The van der Waals surface area contributed by atoms with Crippen LogP contribution in [0.25, 0.3) is 0 Å². The van der Waals surface area contributed by atoms with Crippen molar-refractivity contribution < 1.29 is 23.1 Å². The predicted octanol–water partition coefficient (Wildman–Crippen LogP) is 2.28. The number of rotatable bonds is 10. The molecule has 0 atom stereocenters. The molecule has 0 aromatic heterocycles. The van der Waals surface area contributed by atoms with E-state index >= 15 is 0 Å². The number of carbonyl (C=O) groups is 2. The van der Waals surface area contributed by atoms with Crippen LogP contribution in [0.3, 0.4) is 0 Å². The van der Waals surface area contributed by atoms with Crippen LogP contribution < -0.4 is 10.6 Å². The zero-order valence-corrected chi connectivity index (χ0v) is 18.8.